The topological polar surface area (TPSA) is 78.4 Å². The van der Waals surface area contributed by atoms with Crippen LogP contribution in [0.4, 0.5) is 5.82 Å². The van der Waals surface area contributed by atoms with E-state index in [1.54, 1.807) is 13.8 Å². The van der Waals surface area contributed by atoms with Gasteiger partial charge in [0.05, 0.1) is 5.69 Å². The second-order valence-electron chi connectivity index (χ2n) is 5.24. The summed E-state index contributed by atoms with van der Waals surface area (Å²) < 4.78 is 0. The molecule has 0 bridgehead atoms. The molecule has 6 nitrogen and oxygen atoms in total. The van der Waals surface area contributed by atoms with Crippen molar-refractivity contribution in [1.29, 1.82) is 0 Å². The van der Waals surface area contributed by atoms with Gasteiger partial charge in [-0.1, -0.05) is 0 Å². The summed E-state index contributed by atoms with van der Waals surface area (Å²) in [5.41, 5.74) is 1.57. The molecule has 2 heterocycles. The zero-order chi connectivity index (χ0) is 14.0. The van der Waals surface area contributed by atoms with Crippen molar-refractivity contribution in [2.75, 3.05) is 32.0 Å². The van der Waals surface area contributed by atoms with Gasteiger partial charge in [-0.3, -0.25) is 0 Å². The van der Waals surface area contributed by atoms with Crippen LogP contribution in [-0.2, 0) is 0 Å². The lowest BCUT2D eigenvalue weighted by Gasteiger charge is -2.14. The van der Waals surface area contributed by atoms with Crippen LogP contribution in [-0.4, -0.2) is 52.9 Å². The summed E-state index contributed by atoms with van der Waals surface area (Å²) in [7, 11) is 2.10. The van der Waals surface area contributed by atoms with Crippen molar-refractivity contribution < 1.29 is 9.90 Å². The molecule has 1 aromatic rings. The van der Waals surface area contributed by atoms with Gasteiger partial charge in [-0.05, 0) is 45.3 Å². The molecule has 1 saturated heterocycles. The highest BCUT2D eigenvalue weighted by molar-refractivity contribution is 5.94. The van der Waals surface area contributed by atoms with Crippen LogP contribution in [0.1, 0.15) is 28.0 Å². The Balaban J connectivity index is 2.12. The number of carboxylic acid groups (broad SMARTS) is 1. The minimum atomic E-state index is -0.957. The average molecular weight is 264 g/mol. The maximum absolute atomic E-state index is 11.3. The number of rotatable bonds is 4. The van der Waals surface area contributed by atoms with Crippen LogP contribution in [0.15, 0.2) is 0 Å². The van der Waals surface area contributed by atoms with Crippen molar-refractivity contribution in [3.8, 4) is 0 Å². The van der Waals surface area contributed by atoms with Crippen molar-refractivity contribution in [2.24, 2.45) is 5.92 Å². The normalized spacial score (nSPS) is 19.6. The third kappa shape index (κ3) is 3.01. The average Bonchev–Trinajstić information content (AvgIpc) is 2.76. The first-order valence-electron chi connectivity index (χ1n) is 6.48. The Hall–Kier alpha value is -1.69. The SMILES string of the molecule is Cc1nnc(NCC2CCN(C)C2)c(C(=O)O)c1C. The van der Waals surface area contributed by atoms with E-state index < -0.39 is 5.97 Å². The van der Waals surface area contributed by atoms with Crippen molar-refractivity contribution in [3.05, 3.63) is 16.8 Å². The van der Waals surface area contributed by atoms with Gasteiger partial charge in [0.2, 0.25) is 0 Å². The van der Waals surface area contributed by atoms with Gasteiger partial charge in [-0.25, -0.2) is 4.79 Å². The third-order valence-corrected chi connectivity index (χ3v) is 3.72. The number of anilines is 1. The first-order chi connectivity index (χ1) is 8.99. The molecule has 1 aliphatic heterocycles. The minimum absolute atomic E-state index is 0.235. The van der Waals surface area contributed by atoms with Gasteiger partial charge in [0.25, 0.3) is 0 Å². The molecule has 2 N–H and O–H groups in total. The molecule has 1 fully saturated rings. The molecule has 104 valence electrons. The molecular weight excluding hydrogens is 244 g/mol. The standard InChI is InChI=1S/C13H20N4O2/c1-8-9(2)15-16-12(11(8)13(18)19)14-6-10-4-5-17(3)7-10/h10H,4-7H2,1-3H3,(H,14,16)(H,18,19). The number of likely N-dealkylation sites (tertiary alicyclic amines) is 1. The number of nitrogens with one attached hydrogen (secondary N) is 1. The number of aromatic carboxylic acids is 1. The summed E-state index contributed by atoms with van der Waals surface area (Å²) in [4.78, 5) is 13.6. The third-order valence-electron chi connectivity index (χ3n) is 3.72. The first kappa shape index (κ1) is 13.7. The Kier molecular flexibility index (Phi) is 3.99. The van der Waals surface area contributed by atoms with Crippen LogP contribution in [0, 0.1) is 19.8 Å². The molecule has 6 heteroatoms. The van der Waals surface area contributed by atoms with Crippen LogP contribution in [0.5, 0.6) is 0 Å². The molecule has 1 atom stereocenters. The molecule has 0 saturated carbocycles. The van der Waals surface area contributed by atoms with Gasteiger partial charge in [0.1, 0.15) is 5.56 Å². The quantitative estimate of drug-likeness (QED) is 0.849. The number of nitrogens with zero attached hydrogens (tertiary/aromatic N) is 3. The van der Waals surface area contributed by atoms with Crippen molar-refractivity contribution in [3.63, 3.8) is 0 Å². The van der Waals surface area contributed by atoms with Crippen molar-refractivity contribution in [2.45, 2.75) is 20.3 Å². The molecular formula is C13H20N4O2. The summed E-state index contributed by atoms with van der Waals surface area (Å²) in [6, 6.07) is 0. The van der Waals surface area contributed by atoms with E-state index in [4.69, 9.17) is 0 Å². The van der Waals surface area contributed by atoms with Gasteiger partial charge in [-0.2, -0.15) is 5.10 Å². The lowest BCUT2D eigenvalue weighted by molar-refractivity contribution is 0.0696. The van der Waals surface area contributed by atoms with E-state index in [9.17, 15) is 9.90 Å². The Morgan fingerprint density at radius 1 is 1.47 bits per heavy atom. The summed E-state index contributed by atoms with van der Waals surface area (Å²) in [6.45, 7) is 6.40. The van der Waals surface area contributed by atoms with E-state index >= 15 is 0 Å². The molecule has 0 spiro atoms. The van der Waals surface area contributed by atoms with Crippen LogP contribution < -0.4 is 5.32 Å². The second-order valence-corrected chi connectivity index (χ2v) is 5.24. The Bertz CT molecular complexity index is 490. The smallest absolute Gasteiger partial charge is 0.339 e. The largest absolute Gasteiger partial charge is 0.478 e. The molecule has 2 rings (SSSR count). The highest BCUT2D eigenvalue weighted by Crippen LogP contribution is 2.20. The molecule has 1 aliphatic rings. The van der Waals surface area contributed by atoms with Crippen LogP contribution in [0.3, 0.4) is 0 Å². The lowest BCUT2D eigenvalue weighted by Crippen LogP contribution is -2.21. The number of hydrogen-bond acceptors (Lipinski definition) is 5. The minimum Gasteiger partial charge on any atom is -0.478 e. The van der Waals surface area contributed by atoms with E-state index in [1.165, 1.54) is 0 Å². The summed E-state index contributed by atoms with van der Waals surface area (Å²) in [5, 5.41) is 20.4. The monoisotopic (exact) mass is 264 g/mol. The van der Waals surface area contributed by atoms with E-state index in [1.807, 2.05) is 0 Å². The number of aryl methyl sites for hydroxylation is 1. The molecule has 19 heavy (non-hydrogen) atoms. The van der Waals surface area contributed by atoms with Gasteiger partial charge in [-0.15, -0.1) is 5.10 Å². The van der Waals surface area contributed by atoms with E-state index in [0.29, 0.717) is 23.0 Å². The number of carbonyl (C=O) groups is 1. The highest BCUT2D eigenvalue weighted by atomic mass is 16.4. The maximum Gasteiger partial charge on any atom is 0.339 e. The Labute approximate surface area is 112 Å². The second kappa shape index (κ2) is 5.52. The zero-order valence-corrected chi connectivity index (χ0v) is 11.6. The Morgan fingerprint density at radius 2 is 2.21 bits per heavy atom. The molecule has 0 aliphatic carbocycles. The van der Waals surface area contributed by atoms with Gasteiger partial charge >= 0.3 is 5.97 Å². The van der Waals surface area contributed by atoms with Crippen LogP contribution in [0.25, 0.3) is 0 Å². The molecule has 0 radical (unpaired) electrons. The van der Waals surface area contributed by atoms with Gasteiger partial charge in [0.15, 0.2) is 5.82 Å². The maximum atomic E-state index is 11.3. The van der Waals surface area contributed by atoms with Crippen LogP contribution in [0.2, 0.25) is 0 Å². The van der Waals surface area contributed by atoms with E-state index in [0.717, 1.165) is 26.1 Å². The van der Waals surface area contributed by atoms with E-state index in [-0.39, 0.29) is 5.56 Å². The van der Waals surface area contributed by atoms with Crippen molar-refractivity contribution >= 4 is 11.8 Å². The van der Waals surface area contributed by atoms with Crippen molar-refractivity contribution in [1.82, 2.24) is 15.1 Å². The number of hydrogen-bond donors (Lipinski definition) is 2. The highest BCUT2D eigenvalue weighted by Gasteiger charge is 2.22. The summed E-state index contributed by atoms with van der Waals surface area (Å²) in [6.07, 6.45) is 1.13. The molecule has 0 amide bonds. The number of aromatic nitrogens is 2. The van der Waals surface area contributed by atoms with Gasteiger partial charge < -0.3 is 15.3 Å². The predicted octanol–water partition coefficient (Wildman–Crippen LogP) is 1.16. The molecule has 1 unspecified atom stereocenters. The van der Waals surface area contributed by atoms with E-state index in [2.05, 4.69) is 27.5 Å². The first-order valence-corrected chi connectivity index (χ1v) is 6.48. The summed E-state index contributed by atoms with van der Waals surface area (Å²) in [5.74, 6) is -0.0400. The predicted molar refractivity (Wildman–Crippen MR) is 72.6 cm³/mol. The fraction of sp³-hybridized carbons (Fsp3) is 0.615. The molecule has 0 aromatic carbocycles. The summed E-state index contributed by atoms with van der Waals surface area (Å²) >= 11 is 0. The Morgan fingerprint density at radius 3 is 2.79 bits per heavy atom. The number of carboxylic acids is 1. The van der Waals surface area contributed by atoms with Gasteiger partial charge in [0, 0.05) is 13.1 Å². The molecule has 1 aromatic heterocycles. The lowest BCUT2D eigenvalue weighted by atomic mass is 10.1. The fourth-order valence-corrected chi connectivity index (χ4v) is 2.43. The zero-order valence-electron chi connectivity index (χ0n) is 11.6. The van der Waals surface area contributed by atoms with Crippen LogP contribution >= 0.6 is 0 Å². The fourth-order valence-electron chi connectivity index (χ4n) is 2.43.